The number of likely N-dealkylation sites (tertiary alicyclic amines) is 1. The van der Waals surface area contributed by atoms with Crippen LogP contribution in [0.5, 0.6) is 0 Å². The van der Waals surface area contributed by atoms with Gasteiger partial charge in [-0.25, -0.2) is 4.79 Å². The minimum Gasteiger partial charge on any atom is -0.458 e. The number of ether oxygens (including phenoxy) is 1. The highest BCUT2D eigenvalue weighted by atomic mass is 16.6. The summed E-state index contributed by atoms with van der Waals surface area (Å²) < 4.78 is 5.41. The standard InChI is InChI=1S/C16H22N2O3/c1-11-7-8-12(10-17-11)14(19)18-9-5-6-13(18)15(20)21-16(2,3)4/h7-8,10,13H,5-6,9H2,1-4H3/t13-/m0/s1. The fourth-order valence-corrected chi connectivity index (χ4v) is 2.38. The zero-order chi connectivity index (χ0) is 15.6. The van der Waals surface area contributed by atoms with Crippen molar-refractivity contribution in [1.29, 1.82) is 0 Å². The van der Waals surface area contributed by atoms with Crippen molar-refractivity contribution in [3.05, 3.63) is 29.6 Å². The molecule has 0 aromatic carbocycles. The van der Waals surface area contributed by atoms with Gasteiger partial charge in [-0.15, -0.1) is 0 Å². The molecule has 1 fully saturated rings. The minimum absolute atomic E-state index is 0.157. The van der Waals surface area contributed by atoms with Gasteiger partial charge in [0.1, 0.15) is 11.6 Å². The van der Waals surface area contributed by atoms with Crippen LogP contribution >= 0.6 is 0 Å². The van der Waals surface area contributed by atoms with Crippen LogP contribution in [-0.2, 0) is 9.53 Å². The molecule has 114 valence electrons. The Morgan fingerprint density at radius 2 is 2.05 bits per heavy atom. The van der Waals surface area contributed by atoms with Gasteiger partial charge in [0.25, 0.3) is 5.91 Å². The molecular formula is C16H22N2O3. The third-order valence-electron chi connectivity index (χ3n) is 3.35. The van der Waals surface area contributed by atoms with E-state index in [1.807, 2.05) is 27.7 Å². The Kier molecular flexibility index (Phi) is 4.30. The first kappa shape index (κ1) is 15.5. The molecule has 0 bridgehead atoms. The number of hydrogen-bond donors (Lipinski definition) is 0. The number of esters is 1. The maximum Gasteiger partial charge on any atom is 0.329 e. The van der Waals surface area contributed by atoms with E-state index in [1.54, 1.807) is 23.2 Å². The van der Waals surface area contributed by atoms with Crippen LogP contribution in [0.2, 0.25) is 0 Å². The van der Waals surface area contributed by atoms with Crippen molar-refractivity contribution in [3.8, 4) is 0 Å². The SMILES string of the molecule is Cc1ccc(C(=O)N2CCC[C@H]2C(=O)OC(C)(C)C)cn1. The topological polar surface area (TPSA) is 59.5 Å². The van der Waals surface area contributed by atoms with Crippen LogP contribution in [0.4, 0.5) is 0 Å². The third-order valence-corrected chi connectivity index (χ3v) is 3.35. The minimum atomic E-state index is -0.542. The zero-order valence-electron chi connectivity index (χ0n) is 13.0. The first-order valence-electron chi connectivity index (χ1n) is 7.24. The van der Waals surface area contributed by atoms with Crippen LogP contribution in [0, 0.1) is 6.92 Å². The summed E-state index contributed by atoms with van der Waals surface area (Å²) in [5.74, 6) is -0.482. The monoisotopic (exact) mass is 290 g/mol. The maximum atomic E-state index is 12.5. The number of aryl methyl sites for hydroxylation is 1. The Labute approximate surface area is 125 Å². The number of carbonyl (C=O) groups is 2. The number of rotatable bonds is 2. The van der Waals surface area contributed by atoms with Gasteiger partial charge in [-0.05, 0) is 52.7 Å². The van der Waals surface area contributed by atoms with Crippen LogP contribution < -0.4 is 0 Å². The third kappa shape index (κ3) is 3.80. The molecule has 1 aliphatic heterocycles. The smallest absolute Gasteiger partial charge is 0.329 e. The Morgan fingerprint density at radius 3 is 2.62 bits per heavy atom. The molecular weight excluding hydrogens is 268 g/mol. The normalized spacial score (nSPS) is 18.7. The average Bonchev–Trinajstić information content (AvgIpc) is 2.86. The highest BCUT2D eigenvalue weighted by molar-refractivity contribution is 5.97. The number of hydrogen-bond acceptors (Lipinski definition) is 4. The summed E-state index contributed by atoms with van der Waals surface area (Å²) in [5, 5.41) is 0. The number of nitrogens with zero attached hydrogens (tertiary/aromatic N) is 2. The summed E-state index contributed by atoms with van der Waals surface area (Å²) in [6.07, 6.45) is 3.02. The molecule has 0 saturated carbocycles. The fourth-order valence-electron chi connectivity index (χ4n) is 2.38. The van der Waals surface area contributed by atoms with E-state index < -0.39 is 11.6 Å². The van der Waals surface area contributed by atoms with E-state index in [-0.39, 0.29) is 11.9 Å². The number of carbonyl (C=O) groups excluding carboxylic acids is 2. The van der Waals surface area contributed by atoms with E-state index in [9.17, 15) is 9.59 Å². The maximum absolute atomic E-state index is 12.5. The van der Waals surface area contributed by atoms with Gasteiger partial charge in [-0.1, -0.05) is 0 Å². The summed E-state index contributed by atoms with van der Waals surface area (Å²) in [6.45, 7) is 7.94. The lowest BCUT2D eigenvalue weighted by atomic mass is 10.1. The van der Waals surface area contributed by atoms with Gasteiger partial charge < -0.3 is 9.64 Å². The molecule has 1 aliphatic rings. The van der Waals surface area contributed by atoms with Crippen LogP contribution in [0.3, 0.4) is 0 Å². The summed E-state index contributed by atoms with van der Waals surface area (Å²) >= 11 is 0. The van der Waals surface area contributed by atoms with Gasteiger partial charge in [0.15, 0.2) is 0 Å². The van der Waals surface area contributed by atoms with E-state index >= 15 is 0 Å². The van der Waals surface area contributed by atoms with Crippen LogP contribution in [-0.4, -0.2) is 39.9 Å². The lowest BCUT2D eigenvalue weighted by Crippen LogP contribution is -2.43. The predicted molar refractivity (Wildman–Crippen MR) is 78.9 cm³/mol. The molecule has 1 aromatic heterocycles. The Morgan fingerprint density at radius 1 is 1.33 bits per heavy atom. The van der Waals surface area contributed by atoms with E-state index in [0.717, 1.165) is 12.1 Å². The predicted octanol–water partition coefficient (Wildman–Crippen LogP) is 2.34. The van der Waals surface area contributed by atoms with Crippen molar-refractivity contribution >= 4 is 11.9 Å². The lowest BCUT2D eigenvalue weighted by Gasteiger charge is -2.27. The van der Waals surface area contributed by atoms with Crippen molar-refractivity contribution in [3.63, 3.8) is 0 Å². The molecule has 5 heteroatoms. The zero-order valence-corrected chi connectivity index (χ0v) is 13.0. The molecule has 2 heterocycles. The van der Waals surface area contributed by atoms with Gasteiger partial charge in [-0.3, -0.25) is 9.78 Å². The second-order valence-corrected chi connectivity index (χ2v) is 6.38. The highest BCUT2D eigenvalue weighted by Gasteiger charge is 2.37. The van der Waals surface area contributed by atoms with Gasteiger partial charge in [0, 0.05) is 18.4 Å². The summed E-state index contributed by atoms with van der Waals surface area (Å²) in [7, 11) is 0. The van der Waals surface area contributed by atoms with Crippen LogP contribution in [0.15, 0.2) is 18.3 Å². The number of amides is 1. The second kappa shape index (κ2) is 5.84. The summed E-state index contributed by atoms with van der Waals surface area (Å²) in [5.41, 5.74) is 0.826. The van der Waals surface area contributed by atoms with Gasteiger partial charge in [0.2, 0.25) is 0 Å². The lowest BCUT2D eigenvalue weighted by molar-refractivity contribution is -0.159. The number of aromatic nitrogens is 1. The molecule has 0 aliphatic carbocycles. The molecule has 0 unspecified atom stereocenters. The molecule has 5 nitrogen and oxygen atoms in total. The molecule has 21 heavy (non-hydrogen) atoms. The van der Waals surface area contributed by atoms with E-state index in [2.05, 4.69) is 4.98 Å². The Balaban J connectivity index is 2.13. The number of pyridine rings is 1. The van der Waals surface area contributed by atoms with Gasteiger partial charge in [-0.2, -0.15) is 0 Å². The van der Waals surface area contributed by atoms with E-state index in [4.69, 9.17) is 4.74 Å². The van der Waals surface area contributed by atoms with Gasteiger partial charge in [0.05, 0.1) is 5.56 Å². The first-order chi connectivity index (χ1) is 9.78. The van der Waals surface area contributed by atoms with Crippen LogP contribution in [0.1, 0.15) is 49.7 Å². The summed E-state index contributed by atoms with van der Waals surface area (Å²) in [6, 6.07) is 3.05. The van der Waals surface area contributed by atoms with E-state index in [1.165, 1.54) is 0 Å². The van der Waals surface area contributed by atoms with Crippen LogP contribution in [0.25, 0.3) is 0 Å². The van der Waals surface area contributed by atoms with Crippen molar-refractivity contribution in [1.82, 2.24) is 9.88 Å². The average molecular weight is 290 g/mol. The molecule has 0 spiro atoms. The molecule has 1 amide bonds. The molecule has 0 N–H and O–H groups in total. The molecule has 1 atom stereocenters. The van der Waals surface area contributed by atoms with Crippen molar-refractivity contribution < 1.29 is 14.3 Å². The summed E-state index contributed by atoms with van der Waals surface area (Å²) in [4.78, 5) is 30.5. The van der Waals surface area contributed by atoms with E-state index in [0.29, 0.717) is 18.5 Å². The van der Waals surface area contributed by atoms with Gasteiger partial charge >= 0.3 is 5.97 Å². The Bertz CT molecular complexity index is 531. The first-order valence-corrected chi connectivity index (χ1v) is 7.24. The molecule has 1 saturated heterocycles. The molecule has 1 aromatic rings. The molecule has 2 rings (SSSR count). The quantitative estimate of drug-likeness (QED) is 0.784. The van der Waals surface area contributed by atoms with Crippen molar-refractivity contribution in [2.75, 3.05) is 6.54 Å². The molecule has 0 radical (unpaired) electrons. The Hall–Kier alpha value is -1.91. The second-order valence-electron chi connectivity index (χ2n) is 6.38. The highest BCUT2D eigenvalue weighted by Crippen LogP contribution is 2.23. The fraction of sp³-hybridized carbons (Fsp3) is 0.562. The van der Waals surface area contributed by atoms with Crippen molar-refractivity contribution in [2.45, 2.75) is 52.2 Å². The van der Waals surface area contributed by atoms with Crippen molar-refractivity contribution in [2.24, 2.45) is 0 Å². The largest absolute Gasteiger partial charge is 0.458 e.